The van der Waals surface area contributed by atoms with Crippen molar-refractivity contribution in [3.63, 3.8) is 0 Å². The van der Waals surface area contributed by atoms with Crippen LogP contribution in [0.1, 0.15) is 11.1 Å². The Morgan fingerprint density at radius 1 is 0.926 bits per heavy atom. The van der Waals surface area contributed by atoms with E-state index in [0.29, 0.717) is 13.2 Å². The molecule has 0 aliphatic carbocycles. The van der Waals surface area contributed by atoms with Gasteiger partial charge in [0.05, 0.1) is 0 Å². The first kappa shape index (κ1) is 23.6. The van der Waals surface area contributed by atoms with Crippen LogP contribution in [0.2, 0.25) is 0 Å². The van der Waals surface area contributed by atoms with Crippen molar-refractivity contribution >= 4 is 30.5 Å². The van der Waals surface area contributed by atoms with Gasteiger partial charge >= 0.3 is 0 Å². The summed E-state index contributed by atoms with van der Waals surface area (Å²) < 4.78 is 5.75. The van der Waals surface area contributed by atoms with Gasteiger partial charge in [-0.25, -0.2) is 0 Å². The molecule has 27 heavy (non-hydrogen) atoms. The molecule has 0 amide bonds. The van der Waals surface area contributed by atoms with Crippen molar-refractivity contribution in [3.05, 3.63) is 59.7 Å². The van der Waals surface area contributed by atoms with Gasteiger partial charge < -0.3 is 14.7 Å². The molecule has 0 radical (unpaired) electrons. The van der Waals surface area contributed by atoms with Gasteiger partial charge in [-0.05, 0) is 49.2 Å². The van der Waals surface area contributed by atoms with Crippen molar-refractivity contribution in [3.8, 4) is 5.75 Å². The van der Waals surface area contributed by atoms with E-state index in [4.69, 9.17) is 4.74 Å². The number of rotatable bonds is 6. The Morgan fingerprint density at radius 3 is 2.22 bits per heavy atom. The van der Waals surface area contributed by atoms with Gasteiger partial charge in [0.15, 0.2) is 0 Å². The summed E-state index contributed by atoms with van der Waals surface area (Å²) >= 11 is 0. The third kappa shape index (κ3) is 6.89. The van der Waals surface area contributed by atoms with Gasteiger partial charge in [-0.15, -0.1) is 24.8 Å². The first-order valence-electron chi connectivity index (χ1n) is 9.02. The third-order valence-electron chi connectivity index (χ3n) is 4.88. The Bertz CT molecular complexity index is 677. The van der Waals surface area contributed by atoms with Crippen molar-refractivity contribution in [2.75, 3.05) is 44.2 Å². The van der Waals surface area contributed by atoms with Crippen LogP contribution < -0.4 is 9.64 Å². The number of halogens is 2. The fourth-order valence-corrected chi connectivity index (χ4v) is 3.17. The monoisotopic (exact) mass is 412 g/mol. The second-order valence-corrected chi connectivity index (χ2v) is 6.83. The Balaban J connectivity index is 0.00000182. The molecule has 0 spiro atoms. The number of aliphatic hydroxyl groups excluding tert-OH is 1. The highest BCUT2D eigenvalue weighted by molar-refractivity contribution is 5.85. The number of ether oxygens (including phenoxy) is 1. The fraction of sp³-hybridized carbons (Fsp3) is 0.429. The van der Waals surface area contributed by atoms with E-state index in [9.17, 15) is 5.11 Å². The topological polar surface area (TPSA) is 35.9 Å². The highest BCUT2D eigenvalue weighted by atomic mass is 35.5. The number of anilines is 1. The number of aliphatic hydroxyl groups is 1. The van der Waals surface area contributed by atoms with Crippen molar-refractivity contribution in [1.82, 2.24) is 4.90 Å². The Hall–Kier alpha value is -1.46. The number of β-amino-alcohol motifs (C(OH)–C–C–N with tert-alkyl or cyclic N) is 1. The molecule has 1 saturated heterocycles. The van der Waals surface area contributed by atoms with Crippen molar-refractivity contribution in [2.24, 2.45) is 0 Å². The second kappa shape index (κ2) is 11.4. The summed E-state index contributed by atoms with van der Waals surface area (Å²) in [7, 11) is 0. The molecule has 1 aliphatic rings. The van der Waals surface area contributed by atoms with Crippen LogP contribution in [0.5, 0.6) is 5.75 Å². The average Bonchev–Trinajstić information content (AvgIpc) is 2.64. The molecular formula is C21H30Cl2N2O2. The molecule has 1 N–H and O–H groups in total. The molecule has 1 atom stereocenters. The number of para-hydroxylation sites is 1. The first-order chi connectivity index (χ1) is 12.1. The van der Waals surface area contributed by atoms with Crippen LogP contribution in [0.15, 0.2) is 48.5 Å². The SMILES string of the molecule is Cc1ccc(OCC(O)CN2CCN(c3ccccc3)CC2)cc1C.Cl.Cl. The highest BCUT2D eigenvalue weighted by Crippen LogP contribution is 2.17. The molecule has 0 aromatic heterocycles. The predicted octanol–water partition coefficient (Wildman–Crippen LogP) is 3.71. The molecule has 0 bridgehead atoms. The molecule has 3 rings (SSSR count). The number of piperazine rings is 1. The molecule has 0 saturated carbocycles. The number of aryl methyl sites for hydroxylation is 2. The lowest BCUT2D eigenvalue weighted by Crippen LogP contribution is -2.49. The zero-order valence-corrected chi connectivity index (χ0v) is 17.6. The summed E-state index contributed by atoms with van der Waals surface area (Å²) in [6.45, 7) is 9.08. The third-order valence-corrected chi connectivity index (χ3v) is 4.88. The summed E-state index contributed by atoms with van der Waals surface area (Å²) in [5, 5.41) is 10.3. The summed E-state index contributed by atoms with van der Waals surface area (Å²) in [5.74, 6) is 0.830. The van der Waals surface area contributed by atoms with E-state index in [1.165, 1.54) is 16.8 Å². The summed E-state index contributed by atoms with van der Waals surface area (Å²) in [4.78, 5) is 4.71. The number of hydrogen-bond acceptors (Lipinski definition) is 4. The van der Waals surface area contributed by atoms with Crippen LogP contribution in [0.3, 0.4) is 0 Å². The van der Waals surface area contributed by atoms with Crippen LogP contribution in [0.25, 0.3) is 0 Å². The summed E-state index contributed by atoms with van der Waals surface area (Å²) in [6, 6.07) is 16.6. The molecule has 150 valence electrons. The van der Waals surface area contributed by atoms with E-state index in [-0.39, 0.29) is 24.8 Å². The van der Waals surface area contributed by atoms with Gasteiger partial charge in [0, 0.05) is 38.4 Å². The largest absolute Gasteiger partial charge is 0.491 e. The van der Waals surface area contributed by atoms with Gasteiger partial charge in [0.1, 0.15) is 18.5 Å². The normalized spacial score (nSPS) is 15.4. The van der Waals surface area contributed by atoms with Crippen LogP contribution in [-0.4, -0.2) is 55.4 Å². The van der Waals surface area contributed by atoms with Crippen LogP contribution >= 0.6 is 24.8 Å². The van der Waals surface area contributed by atoms with Crippen molar-refractivity contribution < 1.29 is 9.84 Å². The molecule has 1 heterocycles. The molecule has 6 heteroatoms. The Morgan fingerprint density at radius 2 is 1.59 bits per heavy atom. The molecule has 1 unspecified atom stereocenters. The van der Waals surface area contributed by atoms with E-state index in [1.54, 1.807) is 0 Å². The van der Waals surface area contributed by atoms with E-state index in [0.717, 1.165) is 31.9 Å². The quantitative estimate of drug-likeness (QED) is 0.784. The van der Waals surface area contributed by atoms with Crippen LogP contribution in [-0.2, 0) is 0 Å². The molecule has 2 aromatic rings. The van der Waals surface area contributed by atoms with E-state index in [2.05, 4.69) is 54.0 Å². The molecule has 1 fully saturated rings. The number of benzene rings is 2. The molecule has 2 aromatic carbocycles. The maximum atomic E-state index is 10.3. The van der Waals surface area contributed by atoms with E-state index < -0.39 is 6.10 Å². The van der Waals surface area contributed by atoms with Crippen molar-refractivity contribution in [1.29, 1.82) is 0 Å². The zero-order chi connectivity index (χ0) is 17.6. The lowest BCUT2D eigenvalue weighted by molar-refractivity contribution is 0.0663. The van der Waals surface area contributed by atoms with Crippen molar-refractivity contribution in [2.45, 2.75) is 20.0 Å². The maximum Gasteiger partial charge on any atom is 0.119 e. The highest BCUT2D eigenvalue weighted by Gasteiger charge is 2.19. The number of nitrogens with zero attached hydrogens (tertiary/aromatic N) is 2. The Labute approximate surface area is 175 Å². The van der Waals surface area contributed by atoms with Gasteiger partial charge in [0.2, 0.25) is 0 Å². The van der Waals surface area contributed by atoms with Gasteiger partial charge in [-0.3, -0.25) is 4.90 Å². The minimum absolute atomic E-state index is 0. The van der Waals surface area contributed by atoms with Crippen LogP contribution in [0, 0.1) is 13.8 Å². The number of hydrogen-bond donors (Lipinski definition) is 1. The van der Waals surface area contributed by atoms with Gasteiger partial charge in [-0.2, -0.15) is 0 Å². The lowest BCUT2D eigenvalue weighted by Gasteiger charge is -2.36. The maximum absolute atomic E-state index is 10.3. The minimum Gasteiger partial charge on any atom is -0.491 e. The van der Waals surface area contributed by atoms with E-state index >= 15 is 0 Å². The standard InChI is InChI=1S/C21H28N2O2.2ClH/c1-17-8-9-21(14-18(17)2)25-16-20(24)15-22-10-12-23(13-11-22)19-6-4-3-5-7-19;;/h3-9,14,20,24H,10-13,15-16H2,1-2H3;2*1H. The lowest BCUT2D eigenvalue weighted by atomic mass is 10.1. The van der Waals surface area contributed by atoms with Gasteiger partial charge in [-0.1, -0.05) is 24.3 Å². The minimum atomic E-state index is -0.468. The van der Waals surface area contributed by atoms with E-state index in [1.807, 2.05) is 18.2 Å². The average molecular weight is 413 g/mol. The fourth-order valence-electron chi connectivity index (χ4n) is 3.17. The second-order valence-electron chi connectivity index (χ2n) is 6.83. The smallest absolute Gasteiger partial charge is 0.119 e. The predicted molar refractivity (Wildman–Crippen MR) is 117 cm³/mol. The first-order valence-corrected chi connectivity index (χ1v) is 9.02. The Kier molecular flexibility index (Phi) is 9.95. The molecular weight excluding hydrogens is 383 g/mol. The van der Waals surface area contributed by atoms with Gasteiger partial charge in [0.25, 0.3) is 0 Å². The summed E-state index contributed by atoms with van der Waals surface area (Å²) in [6.07, 6.45) is -0.468. The van der Waals surface area contributed by atoms with Crippen LogP contribution in [0.4, 0.5) is 5.69 Å². The summed E-state index contributed by atoms with van der Waals surface area (Å²) in [5.41, 5.74) is 3.74. The molecule has 1 aliphatic heterocycles. The molecule has 4 nitrogen and oxygen atoms in total. The zero-order valence-electron chi connectivity index (χ0n) is 16.0.